The van der Waals surface area contributed by atoms with Gasteiger partial charge in [0.1, 0.15) is 10.7 Å². The van der Waals surface area contributed by atoms with Crippen molar-refractivity contribution in [1.82, 2.24) is 14.9 Å². The summed E-state index contributed by atoms with van der Waals surface area (Å²) >= 11 is 1.54. The average molecular weight is 373 g/mol. The summed E-state index contributed by atoms with van der Waals surface area (Å²) in [7, 11) is 3.36. The fraction of sp³-hybridized carbons (Fsp3) is 0.368. The van der Waals surface area contributed by atoms with Crippen molar-refractivity contribution < 1.29 is 9.47 Å². The van der Waals surface area contributed by atoms with Crippen LogP contribution in [0.5, 0.6) is 0 Å². The molecule has 6 nitrogen and oxygen atoms in total. The number of fused-ring (bicyclic) bond motifs is 1. The lowest BCUT2D eigenvalue weighted by molar-refractivity contribution is 0.109. The molecule has 0 atom stereocenters. The second-order valence-electron chi connectivity index (χ2n) is 5.97. The molecule has 2 aromatic heterocycles. The third-order valence-corrected chi connectivity index (χ3v) is 5.18. The summed E-state index contributed by atoms with van der Waals surface area (Å²) in [6, 6.07) is 12.0. The Morgan fingerprint density at radius 2 is 1.81 bits per heavy atom. The molecular formula is C19H23N3O3S. The molecule has 138 valence electrons. The first-order valence-electron chi connectivity index (χ1n) is 8.49. The number of rotatable bonds is 9. The van der Waals surface area contributed by atoms with Gasteiger partial charge in [0.25, 0.3) is 5.56 Å². The molecule has 0 saturated carbocycles. The molecule has 0 aliphatic heterocycles. The molecule has 0 aliphatic carbocycles. The predicted octanol–water partition coefficient (Wildman–Crippen LogP) is 2.75. The lowest BCUT2D eigenvalue weighted by Crippen LogP contribution is -2.31. The van der Waals surface area contributed by atoms with E-state index in [-0.39, 0.29) is 5.56 Å². The smallest absolute Gasteiger partial charge is 0.259 e. The Labute approximate surface area is 156 Å². The van der Waals surface area contributed by atoms with Crippen LogP contribution in [0.15, 0.2) is 41.2 Å². The zero-order valence-electron chi connectivity index (χ0n) is 15.0. The average Bonchev–Trinajstić information content (AvgIpc) is 3.09. The zero-order valence-corrected chi connectivity index (χ0v) is 15.8. The van der Waals surface area contributed by atoms with Gasteiger partial charge < -0.3 is 14.5 Å². The third-order valence-electron chi connectivity index (χ3n) is 4.11. The summed E-state index contributed by atoms with van der Waals surface area (Å²) in [6.45, 7) is 3.29. The molecule has 3 rings (SSSR count). The third kappa shape index (κ3) is 4.56. The Morgan fingerprint density at radius 1 is 1.12 bits per heavy atom. The van der Waals surface area contributed by atoms with E-state index in [1.54, 1.807) is 25.6 Å². The van der Waals surface area contributed by atoms with Gasteiger partial charge >= 0.3 is 0 Å². The van der Waals surface area contributed by atoms with Crippen molar-refractivity contribution in [2.24, 2.45) is 0 Å². The SMILES string of the molecule is COCCN(CCOC)Cc1nc2sc(-c3ccccc3)cc2c(=O)[nH]1. The van der Waals surface area contributed by atoms with Crippen LogP contribution in [0, 0.1) is 0 Å². The number of nitrogens with zero attached hydrogens (tertiary/aromatic N) is 2. The molecule has 0 spiro atoms. The van der Waals surface area contributed by atoms with Crippen LogP contribution in [0.25, 0.3) is 20.7 Å². The topological polar surface area (TPSA) is 67.5 Å². The number of benzene rings is 1. The zero-order chi connectivity index (χ0) is 18.4. The molecule has 0 fully saturated rings. The van der Waals surface area contributed by atoms with Crippen molar-refractivity contribution >= 4 is 21.6 Å². The second-order valence-corrected chi connectivity index (χ2v) is 7.00. The van der Waals surface area contributed by atoms with E-state index >= 15 is 0 Å². The Hall–Kier alpha value is -2.06. The van der Waals surface area contributed by atoms with Crippen molar-refractivity contribution in [1.29, 1.82) is 0 Å². The minimum atomic E-state index is -0.0955. The van der Waals surface area contributed by atoms with Gasteiger partial charge in [0.05, 0.1) is 25.1 Å². The number of methoxy groups -OCH3 is 2. The number of ether oxygens (including phenoxy) is 2. The number of nitrogens with one attached hydrogen (secondary N) is 1. The highest BCUT2D eigenvalue weighted by molar-refractivity contribution is 7.21. The molecule has 1 aromatic carbocycles. The summed E-state index contributed by atoms with van der Waals surface area (Å²) < 4.78 is 10.3. The maximum Gasteiger partial charge on any atom is 0.259 e. The molecule has 0 aliphatic rings. The van der Waals surface area contributed by atoms with Crippen LogP contribution in [0.4, 0.5) is 0 Å². The number of hydrogen-bond acceptors (Lipinski definition) is 6. The molecule has 26 heavy (non-hydrogen) atoms. The number of thiophene rings is 1. The lowest BCUT2D eigenvalue weighted by atomic mass is 10.2. The summed E-state index contributed by atoms with van der Waals surface area (Å²) in [5.74, 6) is 0.663. The first kappa shape index (κ1) is 18.7. The highest BCUT2D eigenvalue weighted by atomic mass is 32.1. The highest BCUT2D eigenvalue weighted by Gasteiger charge is 2.13. The molecule has 1 N–H and O–H groups in total. The summed E-state index contributed by atoms with van der Waals surface area (Å²) in [5, 5.41) is 0.637. The number of hydrogen-bond donors (Lipinski definition) is 1. The second kappa shape index (κ2) is 9.05. The van der Waals surface area contributed by atoms with E-state index in [2.05, 4.69) is 14.9 Å². The van der Waals surface area contributed by atoms with Crippen LogP contribution in [0.2, 0.25) is 0 Å². The van der Waals surface area contributed by atoms with Crippen LogP contribution in [-0.4, -0.2) is 55.4 Å². The van der Waals surface area contributed by atoms with E-state index in [1.807, 2.05) is 36.4 Å². The van der Waals surface area contributed by atoms with Crippen LogP contribution >= 0.6 is 11.3 Å². The molecular weight excluding hydrogens is 350 g/mol. The van der Waals surface area contributed by atoms with Crippen LogP contribution in [0.3, 0.4) is 0 Å². The molecule has 0 radical (unpaired) electrons. The van der Waals surface area contributed by atoms with Crippen LogP contribution in [-0.2, 0) is 16.0 Å². The normalized spacial score (nSPS) is 11.5. The fourth-order valence-electron chi connectivity index (χ4n) is 2.72. The van der Waals surface area contributed by atoms with E-state index in [0.29, 0.717) is 31.0 Å². The Morgan fingerprint density at radius 3 is 2.46 bits per heavy atom. The monoisotopic (exact) mass is 373 g/mol. The summed E-state index contributed by atoms with van der Waals surface area (Å²) in [6.07, 6.45) is 0. The highest BCUT2D eigenvalue weighted by Crippen LogP contribution is 2.30. The van der Waals surface area contributed by atoms with Crippen LogP contribution in [0.1, 0.15) is 5.82 Å². The summed E-state index contributed by atoms with van der Waals surface area (Å²) in [4.78, 5) is 24.1. The van der Waals surface area contributed by atoms with Gasteiger partial charge in [-0.25, -0.2) is 4.98 Å². The van der Waals surface area contributed by atoms with Gasteiger partial charge in [0, 0.05) is 32.2 Å². The molecule has 3 aromatic rings. The number of aromatic nitrogens is 2. The Bertz CT molecular complexity index is 884. The van der Waals surface area contributed by atoms with Gasteiger partial charge in [0.15, 0.2) is 0 Å². The maximum atomic E-state index is 12.5. The van der Waals surface area contributed by atoms with Crippen molar-refractivity contribution in [2.75, 3.05) is 40.5 Å². The quantitative estimate of drug-likeness (QED) is 0.625. The Kier molecular flexibility index (Phi) is 6.51. The van der Waals surface area contributed by atoms with E-state index in [9.17, 15) is 4.79 Å². The van der Waals surface area contributed by atoms with Gasteiger partial charge in [0.2, 0.25) is 0 Å². The van der Waals surface area contributed by atoms with Crippen molar-refractivity contribution in [3.8, 4) is 10.4 Å². The fourth-order valence-corrected chi connectivity index (χ4v) is 3.77. The van der Waals surface area contributed by atoms with Crippen molar-refractivity contribution in [2.45, 2.75) is 6.54 Å². The van der Waals surface area contributed by atoms with Crippen molar-refractivity contribution in [3.05, 3.63) is 52.6 Å². The standard InChI is InChI=1S/C19H23N3O3S/c1-24-10-8-22(9-11-25-2)13-17-20-18(23)15-12-16(26-19(15)21-17)14-6-4-3-5-7-14/h3-7,12H,8-11,13H2,1-2H3,(H,20,21,23). The van der Waals surface area contributed by atoms with Crippen LogP contribution < -0.4 is 5.56 Å². The van der Waals surface area contributed by atoms with E-state index in [0.717, 1.165) is 28.4 Å². The van der Waals surface area contributed by atoms with E-state index in [1.165, 1.54) is 0 Å². The molecule has 7 heteroatoms. The summed E-state index contributed by atoms with van der Waals surface area (Å²) in [5.41, 5.74) is 1.00. The molecule has 0 bridgehead atoms. The predicted molar refractivity (Wildman–Crippen MR) is 105 cm³/mol. The van der Waals surface area contributed by atoms with Gasteiger partial charge in [-0.2, -0.15) is 0 Å². The first-order chi connectivity index (χ1) is 12.7. The minimum absolute atomic E-state index is 0.0955. The molecule has 0 saturated heterocycles. The lowest BCUT2D eigenvalue weighted by Gasteiger charge is -2.20. The largest absolute Gasteiger partial charge is 0.383 e. The minimum Gasteiger partial charge on any atom is -0.383 e. The van der Waals surface area contributed by atoms with Gasteiger partial charge in [-0.05, 0) is 11.6 Å². The van der Waals surface area contributed by atoms with Gasteiger partial charge in [-0.3, -0.25) is 9.69 Å². The molecule has 0 amide bonds. The molecule has 2 heterocycles. The first-order valence-corrected chi connectivity index (χ1v) is 9.31. The van der Waals surface area contributed by atoms with Gasteiger partial charge in [-0.1, -0.05) is 30.3 Å². The number of H-pyrrole nitrogens is 1. The van der Waals surface area contributed by atoms with E-state index < -0.39 is 0 Å². The van der Waals surface area contributed by atoms with Crippen molar-refractivity contribution in [3.63, 3.8) is 0 Å². The number of aromatic amines is 1. The Balaban J connectivity index is 1.86. The molecule has 0 unspecified atom stereocenters. The van der Waals surface area contributed by atoms with Gasteiger partial charge in [-0.15, -0.1) is 11.3 Å². The van der Waals surface area contributed by atoms with E-state index in [4.69, 9.17) is 9.47 Å². The maximum absolute atomic E-state index is 12.5.